The molecule has 12 aromatic rings. The van der Waals surface area contributed by atoms with E-state index in [1.807, 2.05) is 137 Å². The molecule has 543 valence electrons. The van der Waals surface area contributed by atoms with Crippen LogP contribution in [0.5, 0.6) is 17.2 Å². The first-order valence-corrected chi connectivity index (χ1v) is 38.2. The number of carbonyl (C=O) groups is 3. The normalized spacial score (nSPS) is 11.0. The Kier molecular flexibility index (Phi) is 49.5. The van der Waals surface area contributed by atoms with Crippen LogP contribution >= 0.6 is 79.9 Å². The SMILES string of the molecule is CC(=O)c1cccs1.CCl.CN(C)CCC(=O)c1cccs1.CN(C)CCC(O)c1cccs1.CN(C)CCC(Oc1cccc2ccccc12)c1cccs1.CNC.CNCCC(Oc1cccc2ccccc12)c1cccs1.Fc1cccc2ccccc12.O=C(Cl)Oc1ccccc1.[B].[H-].[Na+]. The van der Waals surface area contributed by atoms with Crippen LogP contribution < -0.4 is 54.4 Å². The molecule has 103 heavy (non-hydrogen) atoms. The third-order valence-corrected chi connectivity index (χ3v) is 19.0. The number of aliphatic hydroxyl groups excluding tert-OH is 1. The Balaban J connectivity index is 0.000000613. The zero-order valence-corrected chi connectivity index (χ0v) is 68.6. The monoisotopic (exact) mass is 1530 g/mol. The molecule has 0 saturated heterocycles. The summed E-state index contributed by atoms with van der Waals surface area (Å²) in [6.45, 7) is 5.28. The first-order chi connectivity index (χ1) is 48.9. The number of benzene rings is 7. The molecule has 5 heterocycles. The van der Waals surface area contributed by atoms with Crippen LogP contribution in [-0.4, -0.2) is 141 Å². The van der Waals surface area contributed by atoms with E-state index in [-0.39, 0.29) is 75.1 Å². The van der Waals surface area contributed by atoms with Gasteiger partial charge in [-0.25, -0.2) is 9.18 Å². The fraction of sp³-hybridized carbons (Fsp3) is 0.272. The summed E-state index contributed by atoms with van der Waals surface area (Å²) >= 11 is 17.7. The molecule has 0 fully saturated rings. The maximum absolute atomic E-state index is 13.0. The number of halogens is 3. The summed E-state index contributed by atoms with van der Waals surface area (Å²) in [5.41, 5.74) is -0.814. The third kappa shape index (κ3) is 36.9. The average Bonchev–Trinajstić information content (AvgIpc) is 0.892. The molecule has 12 rings (SSSR count). The van der Waals surface area contributed by atoms with E-state index in [0.29, 0.717) is 17.6 Å². The number of aliphatic hydroxyl groups is 1. The van der Waals surface area contributed by atoms with Crippen molar-refractivity contribution in [3.05, 3.63) is 275 Å². The first-order valence-electron chi connectivity index (χ1n) is 32.7. The molecule has 0 aliphatic heterocycles. The summed E-state index contributed by atoms with van der Waals surface area (Å²) in [4.78, 5) is 43.7. The maximum Gasteiger partial charge on any atom is 1.00 e. The number of thiophene rings is 5. The van der Waals surface area contributed by atoms with Crippen molar-refractivity contribution in [3.8, 4) is 17.2 Å². The summed E-state index contributed by atoms with van der Waals surface area (Å²) in [6.07, 6.45) is 4.77. The smallest absolute Gasteiger partial charge is 1.00 e. The van der Waals surface area contributed by atoms with E-state index in [9.17, 15) is 23.9 Å². The van der Waals surface area contributed by atoms with Crippen molar-refractivity contribution in [1.82, 2.24) is 25.3 Å². The third-order valence-electron chi connectivity index (χ3n) is 14.1. The number of Topliss-reactive ketones (excluding diaryl/α,β-unsaturated/α-hetero) is 2. The number of hydrogen-bond donors (Lipinski definition) is 3. The molecule has 0 aliphatic rings. The van der Waals surface area contributed by atoms with Gasteiger partial charge in [-0.2, -0.15) is 0 Å². The second-order valence-electron chi connectivity index (χ2n) is 22.9. The molecule has 0 spiro atoms. The van der Waals surface area contributed by atoms with Gasteiger partial charge in [0.25, 0.3) is 0 Å². The Morgan fingerprint density at radius 3 is 1.28 bits per heavy atom. The fourth-order valence-corrected chi connectivity index (χ4v) is 12.9. The van der Waals surface area contributed by atoms with Crippen molar-refractivity contribution < 1.29 is 69.1 Å². The first kappa shape index (κ1) is 92.6. The number of carbonyl (C=O) groups excluding carboxylic acids is 3. The Bertz CT molecular complexity index is 4100. The minimum absolute atomic E-state index is 0. The van der Waals surface area contributed by atoms with E-state index in [4.69, 9.17) is 21.1 Å². The molecule has 0 aliphatic carbocycles. The Labute approximate surface area is 665 Å². The number of hydrogen-bond acceptors (Lipinski definition) is 17. The van der Waals surface area contributed by atoms with Crippen LogP contribution in [0, 0.1) is 5.82 Å². The number of rotatable bonds is 22. The number of ether oxygens (including phenoxy) is 3. The van der Waals surface area contributed by atoms with Crippen LogP contribution in [0.15, 0.2) is 245 Å². The molecule has 3 unspecified atom stereocenters. The van der Waals surface area contributed by atoms with Gasteiger partial charge < -0.3 is 46.1 Å². The van der Waals surface area contributed by atoms with Gasteiger partial charge in [-0.05, 0) is 187 Å². The van der Waals surface area contributed by atoms with E-state index in [2.05, 4.69) is 171 Å². The summed E-state index contributed by atoms with van der Waals surface area (Å²) < 4.78 is 30.3. The van der Waals surface area contributed by atoms with E-state index in [1.54, 1.807) is 77.3 Å². The van der Waals surface area contributed by atoms with Crippen molar-refractivity contribution in [3.63, 3.8) is 0 Å². The summed E-state index contributed by atoms with van der Waals surface area (Å²) in [6, 6.07) is 70.3. The average molecular weight is 1540 g/mol. The molecule has 0 bridgehead atoms. The molecular weight excluding hydrogens is 1440 g/mol. The summed E-state index contributed by atoms with van der Waals surface area (Å²) in [5.74, 6) is 2.64. The van der Waals surface area contributed by atoms with Gasteiger partial charge in [0, 0.05) is 96.1 Å². The molecule has 3 N–H and O–H groups in total. The molecule has 0 saturated carbocycles. The topological polar surface area (TPSA) is 133 Å². The van der Waals surface area contributed by atoms with Crippen molar-refractivity contribution in [1.29, 1.82) is 0 Å². The van der Waals surface area contributed by atoms with Gasteiger partial charge in [0.1, 0.15) is 35.3 Å². The molecule has 3 atom stereocenters. The maximum atomic E-state index is 13.0. The van der Waals surface area contributed by atoms with E-state index in [0.717, 1.165) is 77.0 Å². The van der Waals surface area contributed by atoms with Crippen molar-refractivity contribution >= 4 is 138 Å². The van der Waals surface area contributed by atoms with Crippen LogP contribution in [0.1, 0.15) is 86.3 Å². The van der Waals surface area contributed by atoms with Gasteiger partial charge in [0.15, 0.2) is 11.6 Å². The minimum atomic E-state index is -0.814. The van der Waals surface area contributed by atoms with Gasteiger partial charge in [-0.1, -0.05) is 158 Å². The molecular formula is C81H97BCl2FN5NaO7S5. The van der Waals surface area contributed by atoms with Gasteiger partial charge in [-0.3, -0.25) is 9.59 Å². The van der Waals surface area contributed by atoms with E-state index in [1.165, 1.54) is 66.4 Å². The zero-order chi connectivity index (χ0) is 73.6. The number of ketones is 2. The predicted molar refractivity (Wildman–Crippen MR) is 439 cm³/mol. The van der Waals surface area contributed by atoms with Crippen molar-refractivity contribution in [2.75, 3.05) is 96.0 Å². The van der Waals surface area contributed by atoms with Crippen LogP contribution in [0.3, 0.4) is 0 Å². The molecule has 0 amide bonds. The molecule has 12 nitrogen and oxygen atoms in total. The molecule has 3 radical (unpaired) electrons. The van der Waals surface area contributed by atoms with Crippen LogP contribution in [0.25, 0.3) is 32.3 Å². The fourth-order valence-electron chi connectivity index (χ4n) is 9.16. The van der Waals surface area contributed by atoms with Crippen LogP contribution in [-0.2, 0) is 0 Å². The van der Waals surface area contributed by atoms with Gasteiger partial charge in [0.2, 0.25) is 0 Å². The zero-order valence-electron chi connectivity index (χ0n) is 62.1. The van der Waals surface area contributed by atoms with Gasteiger partial charge in [0.05, 0.1) is 15.9 Å². The van der Waals surface area contributed by atoms with Crippen LogP contribution in [0.2, 0.25) is 0 Å². The number of alkyl halides is 1. The molecule has 22 heteroatoms. The van der Waals surface area contributed by atoms with Gasteiger partial charge in [-0.15, -0.1) is 68.3 Å². The van der Waals surface area contributed by atoms with Crippen LogP contribution in [0.4, 0.5) is 9.18 Å². The van der Waals surface area contributed by atoms with Crippen molar-refractivity contribution in [2.24, 2.45) is 0 Å². The quantitative estimate of drug-likeness (QED) is 0.0258. The second-order valence-corrected chi connectivity index (χ2v) is 28.0. The molecule has 7 aromatic carbocycles. The predicted octanol–water partition coefficient (Wildman–Crippen LogP) is 18.0. The summed E-state index contributed by atoms with van der Waals surface area (Å²) in [7, 11) is 17.9. The van der Waals surface area contributed by atoms with E-state index >= 15 is 0 Å². The number of fused-ring (bicyclic) bond motifs is 3. The molecule has 5 aromatic heterocycles. The Morgan fingerprint density at radius 2 is 0.874 bits per heavy atom. The number of para-hydroxylation sites is 1. The second kappa shape index (κ2) is 55.1. The number of nitrogens with zero attached hydrogens (tertiary/aromatic N) is 3. The summed E-state index contributed by atoms with van der Waals surface area (Å²) in [5, 5.41) is 32.1. The standard InChI is InChI=1S/C19H21NOS.C18H19NOS.C10H7F.C9H15NOS.C9H13NOS.C7H5ClO2.C6H6OS.C2H7N.CH3Cl.B.Na.H/c1-20(2)13-12-18(19-11-6-14-22-19)21-17-10-5-8-15-7-3-4-9-16(15)17;1-19-12-11-17(18-10-5-13-21-18)20-16-9-4-7-14-6-2-3-8-15(14)16;11-10-7-3-5-8-4-1-2-6-9(8)10;2*1-10(2)6-5-8(11)9-4-3-7-12-9;8-7(9)10-6-4-2-1-3-5-6;1-5(7)6-3-2-4-8-6;1-3-2;1-2;;;/h3-11,14,18H,12-13H2,1-2H3;2-10,13,17,19H,11-12H2,1H3;1-7H;3-4,7-8,11H,5-6H2,1-2H3;3-4,7H,5-6H2,1-2H3;1-5H;2-4H,1H3;3H,1-2H3;1H3;;;/q;;;;;;;;;;+1;-1. The Hall–Kier alpha value is -6.44. The Morgan fingerprint density at radius 1 is 0.485 bits per heavy atom. The number of nitrogens with one attached hydrogen (secondary N) is 2. The van der Waals surface area contributed by atoms with E-state index < -0.39 is 5.43 Å². The van der Waals surface area contributed by atoms with Gasteiger partial charge >= 0.3 is 35.0 Å². The minimum Gasteiger partial charge on any atom is -1.00 e. The largest absolute Gasteiger partial charge is 1.00 e. The van der Waals surface area contributed by atoms with Crippen molar-refractivity contribution in [2.45, 2.75) is 50.9 Å².